The lowest BCUT2D eigenvalue weighted by Crippen LogP contribution is -2.35. The molecule has 0 amide bonds. The fourth-order valence-corrected chi connectivity index (χ4v) is 2.30. The van der Waals surface area contributed by atoms with Gasteiger partial charge in [0.05, 0.1) is 12.9 Å². The molecule has 15 heavy (non-hydrogen) atoms. The molecule has 0 radical (unpaired) electrons. The zero-order chi connectivity index (χ0) is 10.7. The first-order chi connectivity index (χ1) is 7.31. The van der Waals surface area contributed by atoms with Crippen LogP contribution in [-0.2, 0) is 11.2 Å². The van der Waals surface area contributed by atoms with E-state index in [4.69, 9.17) is 9.15 Å². The van der Waals surface area contributed by atoms with Gasteiger partial charge >= 0.3 is 0 Å². The van der Waals surface area contributed by atoms with Gasteiger partial charge in [-0.05, 0) is 25.8 Å². The second kappa shape index (κ2) is 4.81. The average Bonchev–Trinajstić information content (AvgIpc) is 2.67. The monoisotopic (exact) mass is 209 g/mol. The van der Waals surface area contributed by atoms with Crippen LogP contribution in [0.25, 0.3) is 0 Å². The zero-order valence-electron chi connectivity index (χ0n) is 9.45. The van der Waals surface area contributed by atoms with Crippen LogP contribution in [0.5, 0.6) is 0 Å². The van der Waals surface area contributed by atoms with Gasteiger partial charge in [-0.15, -0.1) is 0 Å². The summed E-state index contributed by atoms with van der Waals surface area (Å²) in [5, 5.41) is 3.58. The maximum absolute atomic E-state index is 5.46. The SMILES string of the molecule is COC[C@H](C)N[C@H]1CCCc2occc21. The predicted molar refractivity (Wildman–Crippen MR) is 58.9 cm³/mol. The molecule has 2 rings (SSSR count). The molecule has 1 N–H and O–H groups in total. The van der Waals surface area contributed by atoms with E-state index in [1.54, 1.807) is 13.4 Å². The molecule has 3 heteroatoms. The lowest BCUT2D eigenvalue weighted by Gasteiger charge is -2.26. The predicted octanol–water partition coefficient (Wildman–Crippen LogP) is 2.28. The van der Waals surface area contributed by atoms with Gasteiger partial charge in [-0.2, -0.15) is 0 Å². The van der Waals surface area contributed by atoms with Crippen LogP contribution in [0, 0.1) is 0 Å². The van der Waals surface area contributed by atoms with Crippen LogP contribution in [0.1, 0.15) is 37.1 Å². The van der Waals surface area contributed by atoms with Crippen LogP contribution in [-0.4, -0.2) is 19.8 Å². The number of furan rings is 1. The quantitative estimate of drug-likeness (QED) is 0.826. The molecular weight excluding hydrogens is 190 g/mol. The molecule has 0 unspecified atom stereocenters. The van der Waals surface area contributed by atoms with E-state index in [0.717, 1.165) is 18.8 Å². The number of hydrogen-bond donors (Lipinski definition) is 1. The molecule has 0 fully saturated rings. The number of rotatable bonds is 4. The minimum Gasteiger partial charge on any atom is -0.469 e. The lowest BCUT2D eigenvalue weighted by atomic mass is 9.93. The molecule has 84 valence electrons. The Labute approximate surface area is 90.8 Å². The maximum atomic E-state index is 5.46. The summed E-state index contributed by atoms with van der Waals surface area (Å²) in [7, 11) is 1.74. The number of fused-ring (bicyclic) bond motifs is 1. The number of hydrogen-bond acceptors (Lipinski definition) is 3. The third-order valence-electron chi connectivity index (χ3n) is 2.95. The minimum absolute atomic E-state index is 0.390. The Morgan fingerprint density at radius 2 is 2.53 bits per heavy atom. The van der Waals surface area contributed by atoms with Crippen molar-refractivity contribution in [3.63, 3.8) is 0 Å². The Morgan fingerprint density at radius 1 is 1.67 bits per heavy atom. The van der Waals surface area contributed by atoms with E-state index in [1.165, 1.54) is 18.4 Å². The Bertz CT molecular complexity index is 308. The van der Waals surface area contributed by atoms with Crippen molar-refractivity contribution in [2.24, 2.45) is 0 Å². The second-order valence-corrected chi connectivity index (χ2v) is 4.27. The molecule has 0 spiro atoms. The summed E-state index contributed by atoms with van der Waals surface area (Å²) in [6, 6.07) is 2.92. The largest absolute Gasteiger partial charge is 0.469 e. The van der Waals surface area contributed by atoms with E-state index in [-0.39, 0.29) is 0 Å². The van der Waals surface area contributed by atoms with Gasteiger partial charge in [-0.1, -0.05) is 0 Å². The molecule has 1 aliphatic carbocycles. The van der Waals surface area contributed by atoms with Gasteiger partial charge < -0.3 is 14.5 Å². The average molecular weight is 209 g/mol. The van der Waals surface area contributed by atoms with E-state index in [1.807, 2.05) is 0 Å². The van der Waals surface area contributed by atoms with Crippen molar-refractivity contribution in [1.29, 1.82) is 0 Å². The normalized spacial score (nSPS) is 22.4. The topological polar surface area (TPSA) is 34.4 Å². The molecule has 0 saturated carbocycles. The van der Waals surface area contributed by atoms with Crippen molar-refractivity contribution in [3.05, 3.63) is 23.7 Å². The van der Waals surface area contributed by atoms with Gasteiger partial charge in [-0.3, -0.25) is 0 Å². The summed E-state index contributed by atoms with van der Waals surface area (Å²) in [5.74, 6) is 1.16. The first-order valence-corrected chi connectivity index (χ1v) is 5.62. The van der Waals surface area contributed by atoms with Crippen LogP contribution in [0.2, 0.25) is 0 Å². The summed E-state index contributed by atoms with van der Waals surface area (Å²) in [6.45, 7) is 2.90. The highest BCUT2D eigenvalue weighted by molar-refractivity contribution is 5.24. The van der Waals surface area contributed by atoms with Gasteiger partial charge in [0.1, 0.15) is 5.76 Å². The van der Waals surface area contributed by atoms with E-state index < -0.39 is 0 Å². The van der Waals surface area contributed by atoms with Gasteiger partial charge in [0.25, 0.3) is 0 Å². The van der Waals surface area contributed by atoms with E-state index >= 15 is 0 Å². The van der Waals surface area contributed by atoms with Crippen LogP contribution >= 0.6 is 0 Å². The molecule has 0 aromatic carbocycles. The van der Waals surface area contributed by atoms with E-state index in [9.17, 15) is 0 Å². The smallest absolute Gasteiger partial charge is 0.108 e. The molecule has 0 bridgehead atoms. The second-order valence-electron chi connectivity index (χ2n) is 4.27. The van der Waals surface area contributed by atoms with Crippen LogP contribution in [0.15, 0.2) is 16.7 Å². The summed E-state index contributed by atoms with van der Waals surface area (Å²) in [4.78, 5) is 0. The summed E-state index contributed by atoms with van der Waals surface area (Å²) >= 11 is 0. The highest BCUT2D eigenvalue weighted by atomic mass is 16.5. The number of methoxy groups -OCH3 is 1. The molecule has 0 saturated heterocycles. The highest BCUT2D eigenvalue weighted by Crippen LogP contribution is 2.30. The van der Waals surface area contributed by atoms with Crippen molar-refractivity contribution in [2.75, 3.05) is 13.7 Å². The Hall–Kier alpha value is -0.800. The molecule has 0 aliphatic heterocycles. The summed E-state index contributed by atoms with van der Waals surface area (Å²) < 4.78 is 10.6. The molecule has 2 atom stereocenters. The van der Waals surface area contributed by atoms with Gasteiger partial charge in [-0.25, -0.2) is 0 Å². The van der Waals surface area contributed by atoms with Gasteiger partial charge in [0, 0.05) is 31.2 Å². The number of nitrogens with one attached hydrogen (secondary N) is 1. The van der Waals surface area contributed by atoms with Crippen LogP contribution in [0.3, 0.4) is 0 Å². The summed E-state index contributed by atoms with van der Waals surface area (Å²) in [6.07, 6.45) is 5.28. The standard InChI is InChI=1S/C12H19NO2/c1-9(8-14-2)13-11-4-3-5-12-10(11)6-7-15-12/h6-7,9,11,13H,3-5,8H2,1-2H3/t9-,11-/m0/s1. The third kappa shape index (κ3) is 2.41. The first-order valence-electron chi connectivity index (χ1n) is 5.62. The van der Waals surface area contributed by atoms with Crippen LogP contribution < -0.4 is 5.32 Å². The number of aryl methyl sites for hydroxylation is 1. The van der Waals surface area contributed by atoms with Gasteiger partial charge in [0.2, 0.25) is 0 Å². The van der Waals surface area contributed by atoms with Crippen LogP contribution in [0.4, 0.5) is 0 Å². The fourth-order valence-electron chi connectivity index (χ4n) is 2.30. The molecule has 1 aromatic heterocycles. The Balaban J connectivity index is 2.00. The third-order valence-corrected chi connectivity index (χ3v) is 2.95. The lowest BCUT2D eigenvalue weighted by molar-refractivity contribution is 0.164. The molecule has 3 nitrogen and oxygen atoms in total. The highest BCUT2D eigenvalue weighted by Gasteiger charge is 2.23. The number of ether oxygens (including phenoxy) is 1. The van der Waals surface area contributed by atoms with E-state index in [2.05, 4.69) is 18.3 Å². The van der Waals surface area contributed by atoms with Crippen molar-refractivity contribution in [1.82, 2.24) is 5.32 Å². The minimum atomic E-state index is 0.390. The van der Waals surface area contributed by atoms with Gasteiger partial charge in [0.15, 0.2) is 0 Å². The fraction of sp³-hybridized carbons (Fsp3) is 0.667. The Morgan fingerprint density at radius 3 is 3.33 bits per heavy atom. The molecule has 1 aliphatic rings. The molecular formula is C12H19NO2. The zero-order valence-corrected chi connectivity index (χ0v) is 9.45. The summed E-state index contributed by atoms with van der Waals surface area (Å²) in [5.41, 5.74) is 1.34. The Kier molecular flexibility index (Phi) is 3.44. The molecule has 1 heterocycles. The maximum Gasteiger partial charge on any atom is 0.108 e. The van der Waals surface area contributed by atoms with Crippen molar-refractivity contribution in [3.8, 4) is 0 Å². The molecule has 1 aromatic rings. The first kappa shape index (κ1) is 10.7. The van der Waals surface area contributed by atoms with Crippen molar-refractivity contribution in [2.45, 2.75) is 38.3 Å². The van der Waals surface area contributed by atoms with E-state index in [0.29, 0.717) is 12.1 Å². The van der Waals surface area contributed by atoms with Crippen molar-refractivity contribution >= 4 is 0 Å². The van der Waals surface area contributed by atoms with Crippen molar-refractivity contribution < 1.29 is 9.15 Å².